The molecule has 1 aromatic heterocycles. The van der Waals surface area contributed by atoms with Crippen LogP contribution < -0.4 is 0 Å². The topological polar surface area (TPSA) is 134 Å². The largest absolute Gasteiger partial charge is 0.472 e. The predicted octanol–water partition coefficient (Wildman–Crippen LogP) is 11.2. The van der Waals surface area contributed by atoms with Crippen LogP contribution in [0.15, 0.2) is 16.6 Å². The molecule has 4 atom stereocenters. The third-order valence-corrected chi connectivity index (χ3v) is 11.9. The minimum absolute atomic E-state index is 0.0205. The first-order valence-corrected chi connectivity index (χ1v) is 24.4. The van der Waals surface area contributed by atoms with Crippen molar-refractivity contribution < 1.29 is 51.2 Å². The molecule has 0 aliphatic carbocycles. The van der Waals surface area contributed by atoms with Crippen molar-refractivity contribution in [3.8, 4) is 0 Å². The van der Waals surface area contributed by atoms with Crippen molar-refractivity contribution in [3.05, 3.63) is 34.8 Å². The van der Waals surface area contributed by atoms with Crippen molar-refractivity contribution in [2.45, 2.75) is 200 Å². The Morgan fingerprint density at radius 3 is 1.97 bits per heavy atom. The van der Waals surface area contributed by atoms with Crippen LogP contribution in [-0.4, -0.2) is 87.1 Å². The van der Waals surface area contributed by atoms with Gasteiger partial charge in [-0.15, -0.1) is 0 Å². The van der Waals surface area contributed by atoms with Gasteiger partial charge in [0.1, 0.15) is 31.3 Å². The predicted molar refractivity (Wildman–Crippen MR) is 232 cm³/mol. The second kappa shape index (κ2) is 30.1. The van der Waals surface area contributed by atoms with E-state index < -0.39 is 32.5 Å². The van der Waals surface area contributed by atoms with Crippen LogP contribution in [0, 0.1) is 13.8 Å². The number of phosphoric acid groups is 1. The summed E-state index contributed by atoms with van der Waals surface area (Å²) >= 11 is 0. The summed E-state index contributed by atoms with van der Waals surface area (Å²) in [4.78, 5) is 35.5. The van der Waals surface area contributed by atoms with Gasteiger partial charge in [-0.1, -0.05) is 103 Å². The number of esters is 2. The summed E-state index contributed by atoms with van der Waals surface area (Å²) in [5, 5.41) is 0. The van der Waals surface area contributed by atoms with E-state index in [0.717, 1.165) is 101 Å². The minimum Gasteiger partial charge on any atom is -0.466 e. The standard InChI is InChI=1S/C46H82NO10P/c1-8-10-11-12-18-24-30-43-44(57-43)31-25-20-17-22-26-32-45(48)52-36-40(37-54-58(50,51)53-35-34-47(5,6)7)55-46(49)33-27-21-16-14-13-15-19-23-29-42-39(4)38(3)41(56-42)28-9-2/h18,24,40,43-44H,8-17,19-23,25-37H2,1-7H3/p+1/b24-18-/t40-,43?,44?/m1/s1. The third kappa shape index (κ3) is 25.6. The molecule has 11 nitrogen and oxygen atoms in total. The summed E-state index contributed by atoms with van der Waals surface area (Å²) in [6.45, 7) is 8.59. The zero-order valence-electron chi connectivity index (χ0n) is 37.7. The number of furan rings is 1. The van der Waals surface area contributed by atoms with Gasteiger partial charge in [0.25, 0.3) is 0 Å². The van der Waals surface area contributed by atoms with E-state index in [4.69, 9.17) is 27.7 Å². The first kappa shape index (κ1) is 52.1. The number of unbranched alkanes of at least 4 members (excludes halogenated alkanes) is 14. The molecule has 1 saturated heterocycles. The maximum absolute atomic E-state index is 12.8. The van der Waals surface area contributed by atoms with Gasteiger partial charge >= 0.3 is 19.8 Å². The second-order valence-electron chi connectivity index (χ2n) is 17.4. The number of hydrogen-bond donors (Lipinski definition) is 1. The number of ether oxygens (including phenoxy) is 3. The molecule has 1 aromatic rings. The third-order valence-electron chi connectivity index (χ3n) is 10.9. The molecule has 0 amide bonds. The fourth-order valence-corrected chi connectivity index (χ4v) is 7.69. The molecule has 0 bridgehead atoms. The maximum atomic E-state index is 12.8. The van der Waals surface area contributed by atoms with Crippen molar-refractivity contribution in [2.75, 3.05) is 47.5 Å². The average molecular weight is 841 g/mol. The molecule has 1 fully saturated rings. The number of quaternary nitrogens is 1. The molecule has 2 heterocycles. The number of carbonyl (C=O) groups excluding carboxylic acids is 2. The molecular weight excluding hydrogens is 757 g/mol. The number of nitrogens with zero attached hydrogens (tertiary/aromatic N) is 1. The lowest BCUT2D eigenvalue weighted by atomic mass is 10.0. The van der Waals surface area contributed by atoms with E-state index >= 15 is 0 Å². The van der Waals surface area contributed by atoms with Gasteiger partial charge in [-0.05, 0) is 76.3 Å². The number of hydrogen-bond acceptors (Lipinski definition) is 9. The van der Waals surface area contributed by atoms with Crippen molar-refractivity contribution in [1.29, 1.82) is 0 Å². The Bertz CT molecular complexity index is 1340. The van der Waals surface area contributed by atoms with E-state index in [1.54, 1.807) is 0 Å². The number of allylic oxidation sites excluding steroid dienone is 1. The Balaban J connectivity index is 1.62. The summed E-state index contributed by atoms with van der Waals surface area (Å²) in [5.41, 5.74) is 2.63. The lowest BCUT2D eigenvalue weighted by Crippen LogP contribution is -2.37. The number of rotatable bonds is 37. The molecule has 0 saturated carbocycles. The summed E-state index contributed by atoms with van der Waals surface area (Å²) in [5.74, 6) is 1.45. The lowest BCUT2D eigenvalue weighted by Gasteiger charge is -2.24. The van der Waals surface area contributed by atoms with Crippen LogP contribution >= 0.6 is 7.82 Å². The highest BCUT2D eigenvalue weighted by Gasteiger charge is 2.36. The Hall–Kier alpha value is -2.01. The van der Waals surface area contributed by atoms with E-state index in [9.17, 15) is 19.0 Å². The molecule has 0 spiro atoms. The Kier molecular flexibility index (Phi) is 27.0. The van der Waals surface area contributed by atoms with E-state index in [0.29, 0.717) is 36.1 Å². The molecule has 1 N–H and O–H groups in total. The number of aryl methyl sites for hydroxylation is 2. The molecular formula is C46H83NO10P+. The van der Waals surface area contributed by atoms with E-state index in [-0.39, 0.29) is 26.1 Å². The van der Waals surface area contributed by atoms with E-state index in [1.807, 2.05) is 21.1 Å². The van der Waals surface area contributed by atoms with Crippen molar-refractivity contribution in [2.24, 2.45) is 0 Å². The summed E-state index contributed by atoms with van der Waals surface area (Å²) in [6, 6.07) is 0. The quantitative estimate of drug-likeness (QED) is 0.0172. The first-order valence-electron chi connectivity index (χ1n) is 22.9. The minimum atomic E-state index is -4.39. The Labute approximate surface area is 352 Å². The molecule has 0 aromatic carbocycles. The molecule has 58 heavy (non-hydrogen) atoms. The van der Waals surface area contributed by atoms with Gasteiger partial charge in [0.15, 0.2) is 6.10 Å². The van der Waals surface area contributed by atoms with Gasteiger partial charge in [-0.2, -0.15) is 0 Å². The number of carbonyl (C=O) groups is 2. The number of likely N-dealkylation sites (N-methyl/N-ethyl adjacent to an activating group) is 1. The summed E-state index contributed by atoms with van der Waals surface area (Å²) in [6.07, 6.45) is 28.3. The molecule has 336 valence electrons. The van der Waals surface area contributed by atoms with Gasteiger partial charge in [0.05, 0.1) is 40.0 Å². The fourth-order valence-electron chi connectivity index (χ4n) is 6.95. The molecule has 0 radical (unpaired) electrons. The fraction of sp³-hybridized carbons (Fsp3) is 0.826. The average Bonchev–Trinajstić information content (AvgIpc) is 3.87. The van der Waals surface area contributed by atoms with Gasteiger partial charge in [0, 0.05) is 25.7 Å². The van der Waals surface area contributed by atoms with Crippen LogP contribution in [0.4, 0.5) is 0 Å². The highest BCUT2D eigenvalue weighted by atomic mass is 31.2. The van der Waals surface area contributed by atoms with Crippen LogP contribution in [0.5, 0.6) is 0 Å². The van der Waals surface area contributed by atoms with Crippen LogP contribution in [-0.2, 0) is 50.3 Å². The number of epoxide rings is 1. The maximum Gasteiger partial charge on any atom is 0.472 e. The van der Waals surface area contributed by atoms with E-state index in [2.05, 4.69) is 39.8 Å². The zero-order chi connectivity index (χ0) is 42.7. The molecule has 2 rings (SSSR count). The molecule has 3 unspecified atom stereocenters. The molecule has 1 aliphatic heterocycles. The van der Waals surface area contributed by atoms with Crippen LogP contribution in [0.3, 0.4) is 0 Å². The zero-order valence-corrected chi connectivity index (χ0v) is 38.6. The van der Waals surface area contributed by atoms with E-state index in [1.165, 1.54) is 49.7 Å². The summed E-state index contributed by atoms with van der Waals surface area (Å²) in [7, 11) is 1.44. The first-order chi connectivity index (χ1) is 27.7. The molecule has 1 aliphatic rings. The van der Waals surface area contributed by atoms with Gasteiger partial charge in [0.2, 0.25) is 0 Å². The van der Waals surface area contributed by atoms with Crippen molar-refractivity contribution in [1.82, 2.24) is 0 Å². The second-order valence-corrected chi connectivity index (χ2v) is 18.9. The van der Waals surface area contributed by atoms with Crippen LogP contribution in [0.1, 0.15) is 178 Å². The Morgan fingerprint density at radius 1 is 0.724 bits per heavy atom. The SMILES string of the molecule is CCCCC/C=C\CC1OC1CCCCCCCC(=O)OC[C@H](COP(=O)(O)OCC[N+](C)(C)C)OC(=O)CCCCCCCCCCc1oc(CCC)c(C)c1C. The molecule has 12 heteroatoms. The number of phosphoric ester groups is 1. The van der Waals surface area contributed by atoms with Gasteiger partial charge < -0.3 is 28.0 Å². The van der Waals surface area contributed by atoms with Crippen molar-refractivity contribution >= 4 is 19.8 Å². The van der Waals surface area contributed by atoms with Gasteiger partial charge in [-0.25, -0.2) is 4.57 Å². The Morgan fingerprint density at radius 2 is 1.33 bits per heavy atom. The highest BCUT2D eigenvalue weighted by molar-refractivity contribution is 7.47. The highest BCUT2D eigenvalue weighted by Crippen LogP contribution is 2.43. The monoisotopic (exact) mass is 841 g/mol. The normalized spacial score (nSPS) is 17.1. The van der Waals surface area contributed by atoms with Crippen LogP contribution in [0.25, 0.3) is 0 Å². The summed E-state index contributed by atoms with van der Waals surface area (Å²) < 4.78 is 46.3. The van der Waals surface area contributed by atoms with Crippen molar-refractivity contribution in [3.63, 3.8) is 0 Å². The lowest BCUT2D eigenvalue weighted by molar-refractivity contribution is -0.870. The van der Waals surface area contributed by atoms with Crippen LogP contribution in [0.2, 0.25) is 0 Å². The van der Waals surface area contributed by atoms with Gasteiger partial charge in [-0.3, -0.25) is 18.6 Å². The smallest absolute Gasteiger partial charge is 0.466 e.